The fraction of sp³-hybridized carbons (Fsp3) is 0.278. The Hall–Kier alpha value is -2.54. The van der Waals surface area contributed by atoms with Crippen LogP contribution in [0.25, 0.3) is 17.1 Å². The summed E-state index contributed by atoms with van der Waals surface area (Å²) in [6.07, 6.45) is 1.64. The maximum Gasteiger partial charge on any atom is 0.233 e. The summed E-state index contributed by atoms with van der Waals surface area (Å²) in [4.78, 5) is 12.1. The molecule has 130 valence electrons. The van der Waals surface area contributed by atoms with Crippen LogP contribution in [-0.4, -0.2) is 32.5 Å². The van der Waals surface area contributed by atoms with Crippen LogP contribution >= 0.6 is 11.8 Å². The second-order valence-electron chi connectivity index (χ2n) is 5.52. The van der Waals surface area contributed by atoms with Crippen molar-refractivity contribution in [1.82, 2.24) is 20.1 Å². The molecule has 3 rings (SSSR count). The third kappa shape index (κ3) is 3.61. The number of carbonyl (C=O) groups excluding carboxylic acids is 1. The van der Waals surface area contributed by atoms with E-state index in [1.165, 1.54) is 11.8 Å². The Kier molecular flexibility index (Phi) is 5.23. The number of para-hydroxylation sites is 1. The number of rotatable bonds is 6. The molecule has 1 atom stereocenters. The minimum Gasteiger partial charge on any atom is -0.469 e. The van der Waals surface area contributed by atoms with Crippen molar-refractivity contribution in [2.45, 2.75) is 31.2 Å². The van der Waals surface area contributed by atoms with Gasteiger partial charge in [0.1, 0.15) is 5.76 Å². The molecule has 1 N–H and O–H groups in total. The van der Waals surface area contributed by atoms with Gasteiger partial charge in [-0.3, -0.25) is 9.36 Å². The highest BCUT2D eigenvalue weighted by Gasteiger charge is 2.22. The first-order chi connectivity index (χ1) is 12.1. The van der Waals surface area contributed by atoms with Crippen molar-refractivity contribution in [1.29, 1.82) is 0 Å². The van der Waals surface area contributed by atoms with Crippen LogP contribution in [0, 0.1) is 6.92 Å². The molecule has 0 aliphatic rings. The summed E-state index contributed by atoms with van der Waals surface area (Å²) < 4.78 is 7.37. The van der Waals surface area contributed by atoms with Gasteiger partial charge in [-0.05, 0) is 39.0 Å². The van der Waals surface area contributed by atoms with E-state index in [1.54, 1.807) is 6.26 Å². The summed E-state index contributed by atoms with van der Waals surface area (Å²) in [7, 11) is 0. The summed E-state index contributed by atoms with van der Waals surface area (Å²) in [5.74, 6) is 1.46. The quantitative estimate of drug-likeness (QED) is 0.685. The Labute approximate surface area is 150 Å². The molecule has 0 saturated carbocycles. The van der Waals surface area contributed by atoms with E-state index in [-0.39, 0.29) is 11.2 Å². The first kappa shape index (κ1) is 17.3. The van der Waals surface area contributed by atoms with E-state index in [1.807, 2.05) is 61.7 Å². The van der Waals surface area contributed by atoms with Crippen LogP contribution in [0.2, 0.25) is 0 Å². The molecule has 1 amide bonds. The lowest BCUT2D eigenvalue weighted by molar-refractivity contribution is -0.120. The zero-order valence-electron chi connectivity index (χ0n) is 14.4. The van der Waals surface area contributed by atoms with Crippen molar-refractivity contribution in [3.8, 4) is 17.1 Å². The van der Waals surface area contributed by atoms with E-state index in [4.69, 9.17) is 4.42 Å². The van der Waals surface area contributed by atoms with Crippen LogP contribution in [0.3, 0.4) is 0 Å². The summed E-state index contributed by atoms with van der Waals surface area (Å²) in [6, 6.07) is 11.7. The number of aryl methyl sites for hydroxylation is 1. The van der Waals surface area contributed by atoms with Crippen LogP contribution in [0.15, 0.2) is 52.2 Å². The number of carbonyl (C=O) groups is 1. The predicted molar refractivity (Wildman–Crippen MR) is 97.8 cm³/mol. The molecule has 2 heterocycles. The Morgan fingerprint density at radius 1 is 1.28 bits per heavy atom. The van der Waals surface area contributed by atoms with E-state index in [9.17, 15) is 4.79 Å². The van der Waals surface area contributed by atoms with Crippen LogP contribution in [0.4, 0.5) is 0 Å². The molecule has 0 bridgehead atoms. The lowest BCUT2D eigenvalue weighted by Gasteiger charge is -2.13. The standard InChI is InChI=1S/C18H20N4O2S/c1-4-19-17(23)13(3)25-18-21-20-16(15-10-11-24-12(15)2)22(18)14-8-6-5-7-9-14/h5-11,13H,4H2,1-3H3,(H,19,23). The summed E-state index contributed by atoms with van der Waals surface area (Å²) in [5.41, 5.74) is 1.82. The summed E-state index contributed by atoms with van der Waals surface area (Å²) >= 11 is 1.38. The number of amides is 1. The molecule has 0 saturated heterocycles. The number of benzene rings is 1. The SMILES string of the molecule is CCNC(=O)C(C)Sc1nnc(-c2ccoc2C)n1-c1ccccc1. The maximum absolute atomic E-state index is 12.1. The van der Waals surface area contributed by atoms with Crippen molar-refractivity contribution >= 4 is 17.7 Å². The van der Waals surface area contributed by atoms with E-state index in [0.29, 0.717) is 17.5 Å². The minimum atomic E-state index is -0.273. The Bertz CT molecular complexity index is 857. The fourth-order valence-corrected chi connectivity index (χ4v) is 3.37. The van der Waals surface area contributed by atoms with E-state index >= 15 is 0 Å². The maximum atomic E-state index is 12.1. The van der Waals surface area contributed by atoms with Gasteiger partial charge in [0.05, 0.1) is 17.1 Å². The number of aromatic nitrogens is 3. The topological polar surface area (TPSA) is 73.0 Å². The third-order valence-corrected chi connectivity index (χ3v) is 4.79. The van der Waals surface area contributed by atoms with E-state index < -0.39 is 0 Å². The smallest absolute Gasteiger partial charge is 0.233 e. The van der Waals surface area contributed by atoms with Crippen LogP contribution in [-0.2, 0) is 4.79 Å². The number of nitrogens with one attached hydrogen (secondary N) is 1. The monoisotopic (exact) mass is 356 g/mol. The van der Waals surface area contributed by atoms with Crippen molar-refractivity contribution < 1.29 is 9.21 Å². The van der Waals surface area contributed by atoms with Gasteiger partial charge in [-0.2, -0.15) is 0 Å². The number of furan rings is 1. The highest BCUT2D eigenvalue weighted by molar-refractivity contribution is 8.00. The molecule has 1 unspecified atom stereocenters. The van der Waals surface area contributed by atoms with Gasteiger partial charge in [-0.1, -0.05) is 30.0 Å². The lowest BCUT2D eigenvalue weighted by Crippen LogP contribution is -2.30. The van der Waals surface area contributed by atoms with Gasteiger partial charge in [-0.15, -0.1) is 10.2 Å². The zero-order valence-corrected chi connectivity index (χ0v) is 15.2. The van der Waals surface area contributed by atoms with E-state index in [0.717, 1.165) is 17.0 Å². The van der Waals surface area contributed by atoms with Gasteiger partial charge in [0, 0.05) is 12.2 Å². The first-order valence-electron chi connectivity index (χ1n) is 8.11. The van der Waals surface area contributed by atoms with Gasteiger partial charge >= 0.3 is 0 Å². The molecular weight excluding hydrogens is 336 g/mol. The molecular formula is C18H20N4O2S. The van der Waals surface area contributed by atoms with Gasteiger partial charge in [0.25, 0.3) is 0 Å². The second kappa shape index (κ2) is 7.57. The highest BCUT2D eigenvalue weighted by atomic mass is 32.2. The number of thioether (sulfide) groups is 1. The highest BCUT2D eigenvalue weighted by Crippen LogP contribution is 2.31. The number of nitrogens with zero attached hydrogens (tertiary/aromatic N) is 3. The molecule has 0 fully saturated rings. The van der Waals surface area contributed by atoms with Gasteiger partial charge in [0.15, 0.2) is 11.0 Å². The van der Waals surface area contributed by atoms with Crippen molar-refractivity contribution in [3.05, 3.63) is 48.4 Å². The third-order valence-electron chi connectivity index (χ3n) is 3.75. The Morgan fingerprint density at radius 3 is 2.68 bits per heavy atom. The first-order valence-corrected chi connectivity index (χ1v) is 8.99. The van der Waals surface area contributed by atoms with Crippen LogP contribution in [0.5, 0.6) is 0 Å². The van der Waals surface area contributed by atoms with E-state index in [2.05, 4.69) is 15.5 Å². The molecule has 7 heteroatoms. The molecule has 2 aromatic heterocycles. The molecule has 1 aromatic carbocycles. The lowest BCUT2D eigenvalue weighted by atomic mass is 10.2. The second-order valence-corrected chi connectivity index (χ2v) is 6.83. The largest absolute Gasteiger partial charge is 0.469 e. The molecule has 0 radical (unpaired) electrons. The molecule has 25 heavy (non-hydrogen) atoms. The zero-order chi connectivity index (χ0) is 17.8. The molecule has 0 aliphatic carbocycles. The molecule has 0 spiro atoms. The summed E-state index contributed by atoms with van der Waals surface area (Å²) in [5, 5.41) is 11.9. The number of hydrogen-bond donors (Lipinski definition) is 1. The Morgan fingerprint density at radius 2 is 2.04 bits per heavy atom. The normalized spacial score (nSPS) is 12.1. The molecule has 6 nitrogen and oxygen atoms in total. The van der Waals surface area contributed by atoms with Gasteiger partial charge < -0.3 is 9.73 Å². The average molecular weight is 356 g/mol. The average Bonchev–Trinajstić information content (AvgIpc) is 3.21. The Balaban J connectivity index is 2.03. The van der Waals surface area contributed by atoms with Gasteiger partial charge in [-0.25, -0.2) is 0 Å². The summed E-state index contributed by atoms with van der Waals surface area (Å²) in [6.45, 7) is 6.27. The molecule has 3 aromatic rings. The molecule has 0 aliphatic heterocycles. The number of hydrogen-bond acceptors (Lipinski definition) is 5. The predicted octanol–water partition coefficient (Wildman–Crippen LogP) is 3.45. The van der Waals surface area contributed by atoms with Crippen molar-refractivity contribution in [3.63, 3.8) is 0 Å². The van der Waals surface area contributed by atoms with Crippen molar-refractivity contribution in [2.24, 2.45) is 0 Å². The van der Waals surface area contributed by atoms with Crippen molar-refractivity contribution in [2.75, 3.05) is 6.54 Å². The minimum absolute atomic E-state index is 0.0175. The van der Waals surface area contributed by atoms with Crippen LogP contribution in [0.1, 0.15) is 19.6 Å². The van der Waals surface area contributed by atoms with Gasteiger partial charge in [0.2, 0.25) is 5.91 Å². The fourth-order valence-electron chi connectivity index (χ4n) is 2.48. The van der Waals surface area contributed by atoms with Crippen LogP contribution < -0.4 is 5.32 Å².